The van der Waals surface area contributed by atoms with Crippen molar-refractivity contribution in [1.29, 1.82) is 0 Å². The largest absolute Gasteiger partial charge is 0.378 e. The summed E-state index contributed by atoms with van der Waals surface area (Å²) in [6, 6.07) is 11.9. The van der Waals surface area contributed by atoms with Gasteiger partial charge in [-0.15, -0.1) is 0 Å². The molecule has 0 aliphatic carbocycles. The lowest BCUT2D eigenvalue weighted by molar-refractivity contribution is 0.122. The van der Waals surface area contributed by atoms with Crippen LogP contribution in [0.15, 0.2) is 47.1 Å². The van der Waals surface area contributed by atoms with Crippen molar-refractivity contribution in [2.24, 2.45) is 0 Å². The number of rotatable bonds is 3. The molecule has 3 aromatic rings. The number of ether oxygens (including phenoxy) is 1. The zero-order valence-electron chi connectivity index (χ0n) is 13.5. The van der Waals surface area contributed by atoms with Crippen LogP contribution in [-0.4, -0.2) is 41.4 Å². The van der Waals surface area contributed by atoms with Gasteiger partial charge in [-0.25, -0.2) is 4.98 Å². The van der Waals surface area contributed by atoms with E-state index < -0.39 is 0 Å². The number of morpholine rings is 1. The van der Waals surface area contributed by atoms with E-state index in [4.69, 9.17) is 9.26 Å². The van der Waals surface area contributed by atoms with Crippen LogP contribution in [0.3, 0.4) is 0 Å². The first-order valence-corrected chi connectivity index (χ1v) is 8.00. The maximum absolute atomic E-state index is 5.52. The first-order chi connectivity index (χ1) is 11.8. The minimum absolute atomic E-state index is 0.487. The van der Waals surface area contributed by atoms with E-state index in [0.717, 1.165) is 35.6 Å². The summed E-state index contributed by atoms with van der Waals surface area (Å²) in [7, 11) is 0. The third-order valence-electron chi connectivity index (χ3n) is 4.03. The van der Waals surface area contributed by atoms with Gasteiger partial charge in [-0.3, -0.25) is 0 Å². The summed E-state index contributed by atoms with van der Waals surface area (Å²) >= 11 is 0. The van der Waals surface area contributed by atoms with E-state index in [9.17, 15) is 0 Å². The molecule has 1 fully saturated rings. The zero-order chi connectivity index (χ0) is 16.4. The Balaban J connectivity index is 1.70. The van der Waals surface area contributed by atoms with Crippen molar-refractivity contribution in [3.05, 3.63) is 48.2 Å². The highest BCUT2D eigenvalue weighted by Crippen LogP contribution is 2.29. The van der Waals surface area contributed by atoms with Crippen LogP contribution in [0.5, 0.6) is 0 Å². The minimum atomic E-state index is 0.487. The summed E-state index contributed by atoms with van der Waals surface area (Å²) in [4.78, 5) is 11.3. The van der Waals surface area contributed by atoms with Crippen LogP contribution < -0.4 is 4.90 Å². The van der Waals surface area contributed by atoms with Crippen molar-refractivity contribution in [3.8, 4) is 22.8 Å². The molecule has 3 heterocycles. The maximum atomic E-state index is 5.52. The molecule has 1 aliphatic rings. The molecule has 1 aromatic carbocycles. The number of hydrogen-bond acceptors (Lipinski definition) is 6. The van der Waals surface area contributed by atoms with Crippen molar-refractivity contribution in [2.75, 3.05) is 31.2 Å². The molecule has 1 saturated heterocycles. The van der Waals surface area contributed by atoms with Gasteiger partial charge >= 0.3 is 0 Å². The summed E-state index contributed by atoms with van der Waals surface area (Å²) in [5, 5.41) is 4.13. The van der Waals surface area contributed by atoms with Crippen molar-refractivity contribution in [1.82, 2.24) is 15.1 Å². The second kappa shape index (κ2) is 6.41. The van der Waals surface area contributed by atoms with Crippen LogP contribution in [0, 0.1) is 6.92 Å². The number of nitrogens with zero attached hydrogens (tertiary/aromatic N) is 4. The Morgan fingerprint density at radius 2 is 1.96 bits per heavy atom. The van der Waals surface area contributed by atoms with Crippen LogP contribution in [0.4, 0.5) is 5.82 Å². The third-order valence-corrected chi connectivity index (χ3v) is 4.03. The van der Waals surface area contributed by atoms with E-state index in [1.54, 1.807) is 6.20 Å². The molecule has 24 heavy (non-hydrogen) atoms. The van der Waals surface area contributed by atoms with E-state index in [2.05, 4.69) is 20.0 Å². The molecule has 122 valence electrons. The lowest BCUT2D eigenvalue weighted by Crippen LogP contribution is -2.37. The molecule has 0 amide bonds. The fraction of sp³-hybridized carbons (Fsp3) is 0.278. The van der Waals surface area contributed by atoms with Gasteiger partial charge < -0.3 is 14.2 Å². The van der Waals surface area contributed by atoms with Gasteiger partial charge in [-0.05, 0) is 25.1 Å². The van der Waals surface area contributed by atoms with Crippen molar-refractivity contribution in [2.45, 2.75) is 6.92 Å². The van der Waals surface area contributed by atoms with Gasteiger partial charge in [-0.1, -0.05) is 28.9 Å². The Morgan fingerprint density at radius 3 is 2.79 bits per heavy atom. The van der Waals surface area contributed by atoms with E-state index in [0.29, 0.717) is 24.9 Å². The number of pyridine rings is 1. The third kappa shape index (κ3) is 2.88. The Labute approximate surface area is 140 Å². The molecule has 0 saturated carbocycles. The smallest absolute Gasteiger partial charge is 0.261 e. The van der Waals surface area contributed by atoms with Crippen LogP contribution in [0.2, 0.25) is 0 Å². The van der Waals surface area contributed by atoms with E-state index in [-0.39, 0.29) is 0 Å². The van der Waals surface area contributed by atoms with E-state index >= 15 is 0 Å². The number of aromatic nitrogens is 3. The average molecular weight is 322 g/mol. The first kappa shape index (κ1) is 14.8. The van der Waals surface area contributed by atoms with E-state index in [1.165, 1.54) is 0 Å². The molecule has 0 radical (unpaired) electrons. The van der Waals surface area contributed by atoms with Crippen molar-refractivity contribution < 1.29 is 9.26 Å². The molecule has 6 nitrogen and oxygen atoms in total. The van der Waals surface area contributed by atoms with Gasteiger partial charge in [0, 0.05) is 24.8 Å². The predicted octanol–water partition coefficient (Wildman–Crippen LogP) is 2.94. The Hall–Kier alpha value is -2.73. The molecule has 2 aromatic heterocycles. The normalized spacial score (nSPS) is 14.8. The molecule has 0 atom stereocenters. The highest BCUT2D eigenvalue weighted by molar-refractivity contribution is 5.71. The van der Waals surface area contributed by atoms with Crippen LogP contribution >= 0.6 is 0 Å². The summed E-state index contributed by atoms with van der Waals surface area (Å²) in [5.41, 5.74) is 2.96. The van der Waals surface area contributed by atoms with Crippen LogP contribution in [0.1, 0.15) is 5.56 Å². The number of hydrogen-bond donors (Lipinski definition) is 0. The summed E-state index contributed by atoms with van der Waals surface area (Å²) in [5.74, 6) is 1.94. The van der Waals surface area contributed by atoms with Gasteiger partial charge in [0.2, 0.25) is 5.82 Å². The molecule has 0 spiro atoms. The van der Waals surface area contributed by atoms with Gasteiger partial charge in [0.25, 0.3) is 5.89 Å². The minimum Gasteiger partial charge on any atom is -0.378 e. The summed E-state index contributed by atoms with van der Waals surface area (Å²) in [6.45, 7) is 5.07. The lowest BCUT2D eigenvalue weighted by Gasteiger charge is -2.28. The monoisotopic (exact) mass is 322 g/mol. The maximum Gasteiger partial charge on any atom is 0.261 e. The van der Waals surface area contributed by atoms with Gasteiger partial charge in [-0.2, -0.15) is 4.98 Å². The predicted molar refractivity (Wildman–Crippen MR) is 90.7 cm³/mol. The summed E-state index contributed by atoms with van der Waals surface area (Å²) < 4.78 is 10.9. The van der Waals surface area contributed by atoms with Gasteiger partial charge in [0.1, 0.15) is 5.82 Å². The highest BCUT2D eigenvalue weighted by atomic mass is 16.5. The SMILES string of the molecule is Cc1cccc(-c2noc(-c3cccnc3N3CCOCC3)n2)c1. The molecule has 0 N–H and O–H groups in total. The molecule has 0 bridgehead atoms. The average Bonchev–Trinajstić information content (AvgIpc) is 3.12. The van der Waals surface area contributed by atoms with Gasteiger partial charge in [0.05, 0.1) is 18.8 Å². The Kier molecular flexibility index (Phi) is 3.96. The molecule has 1 aliphatic heterocycles. The number of aryl methyl sites for hydroxylation is 1. The lowest BCUT2D eigenvalue weighted by atomic mass is 10.1. The van der Waals surface area contributed by atoms with Crippen molar-refractivity contribution >= 4 is 5.82 Å². The second-order valence-corrected chi connectivity index (χ2v) is 5.77. The fourth-order valence-electron chi connectivity index (χ4n) is 2.83. The second-order valence-electron chi connectivity index (χ2n) is 5.77. The summed E-state index contributed by atoms with van der Waals surface area (Å²) in [6.07, 6.45) is 1.78. The zero-order valence-corrected chi connectivity index (χ0v) is 13.5. The molecule has 6 heteroatoms. The van der Waals surface area contributed by atoms with Crippen molar-refractivity contribution in [3.63, 3.8) is 0 Å². The molecular weight excluding hydrogens is 304 g/mol. The molecule has 0 unspecified atom stereocenters. The topological polar surface area (TPSA) is 64.3 Å². The van der Waals surface area contributed by atoms with Crippen LogP contribution in [-0.2, 0) is 4.74 Å². The fourth-order valence-corrected chi connectivity index (χ4v) is 2.83. The Morgan fingerprint density at radius 1 is 1.08 bits per heavy atom. The first-order valence-electron chi connectivity index (χ1n) is 8.00. The Bertz CT molecular complexity index is 840. The quantitative estimate of drug-likeness (QED) is 0.739. The standard InChI is InChI=1S/C18H18N4O2/c1-13-4-2-5-14(12-13)16-20-18(24-21-16)15-6-3-7-19-17(15)22-8-10-23-11-9-22/h2-7,12H,8-11H2,1H3. The number of benzene rings is 1. The van der Waals surface area contributed by atoms with Gasteiger partial charge in [0.15, 0.2) is 0 Å². The van der Waals surface area contributed by atoms with Crippen LogP contribution in [0.25, 0.3) is 22.8 Å². The molecule has 4 rings (SSSR count). The van der Waals surface area contributed by atoms with E-state index in [1.807, 2.05) is 43.3 Å². The highest BCUT2D eigenvalue weighted by Gasteiger charge is 2.20. The molecular formula is C18H18N4O2. The number of anilines is 1.